The molecule has 24 heteroatoms. The average Bonchev–Trinajstić information content (AvgIpc) is 3.13. The highest BCUT2D eigenvalue weighted by Crippen LogP contribution is 3.17. The van der Waals surface area contributed by atoms with E-state index in [0.717, 1.165) is 24.3 Å². The van der Waals surface area contributed by atoms with Crippen LogP contribution in [-0.4, -0.2) is 0 Å². The summed E-state index contributed by atoms with van der Waals surface area (Å²) in [5, 5.41) is 0. The molecule has 0 aliphatic carbocycles. The van der Waals surface area contributed by atoms with Crippen molar-refractivity contribution in [2.24, 2.45) is 0 Å². The first-order valence-electron chi connectivity index (χ1n) is 15.6. The second kappa shape index (κ2) is 11.1. The van der Waals surface area contributed by atoms with Crippen molar-refractivity contribution >= 4 is 39.4 Å². The van der Waals surface area contributed by atoms with Crippen LogP contribution in [0.3, 0.4) is 0 Å². The van der Waals surface area contributed by atoms with E-state index < -0.39 is 115 Å². The molecule has 0 amide bonds. The van der Waals surface area contributed by atoms with Crippen LogP contribution in [0.1, 0.15) is 44.3 Å². The lowest BCUT2D eigenvalue weighted by molar-refractivity contribution is 0.299. The normalized spacial score (nSPS) is 20.2. The Morgan fingerprint density at radius 3 is 0.517 bits per heavy atom. The summed E-state index contributed by atoms with van der Waals surface area (Å²) >= 11 is 0. The third-order valence-corrected chi connectivity index (χ3v) is 18.5. The van der Waals surface area contributed by atoms with Crippen LogP contribution in [0.2, 0.25) is 0 Å². The zero-order chi connectivity index (χ0) is 44.1. The van der Waals surface area contributed by atoms with Gasteiger partial charge in [0.1, 0.15) is 19.6 Å². The van der Waals surface area contributed by atoms with Crippen molar-refractivity contribution < 1.29 is 79.7 Å². The lowest BCUT2D eigenvalue weighted by Gasteiger charge is -2.61. The minimum absolute atomic E-state index is 0.0484. The van der Waals surface area contributed by atoms with Gasteiger partial charge in [-0.15, -0.1) is 62.2 Å². The molecule has 5 rings (SSSR count). The smallest absolute Gasteiger partial charge is 0.223 e. The summed E-state index contributed by atoms with van der Waals surface area (Å²) < 4.78 is 326. The molecule has 0 saturated carbocycles. The molecule has 0 nitrogen and oxygen atoms in total. The van der Waals surface area contributed by atoms with Crippen molar-refractivity contribution in [2.45, 2.75) is 41.6 Å². The fraction of sp³-hybridized carbons (Fsp3) is 0.118. The van der Waals surface area contributed by atoms with E-state index in [1.165, 1.54) is 0 Å². The molecule has 0 spiro atoms. The Morgan fingerprint density at radius 1 is 0.241 bits per heavy atom. The molecule has 5 aromatic carbocycles. The van der Waals surface area contributed by atoms with E-state index in [1.54, 1.807) is 0 Å². The number of rotatable bonds is 12. The van der Waals surface area contributed by atoms with Crippen molar-refractivity contribution in [3.8, 4) is 0 Å². The van der Waals surface area contributed by atoms with Crippen molar-refractivity contribution in [3.63, 3.8) is 0 Å². The standard InChI is InChI=1S/C34H26F20S4/c35-31(23-13-5-1-6-14-23)55(39,40,41,42)27-21-29(57(47,48,49,50)33(37)25-17-9-3-10-18-25)30(58(51,52,53,54)34(38)26-19-11-4-12-20-26)22-28(27)56(43,44,45,46)32(36)24-15-7-2-8-16-24/h1-22,31-34H. The number of halogens is 20. The van der Waals surface area contributed by atoms with Crippen LogP contribution in [0.25, 0.3) is 0 Å². The van der Waals surface area contributed by atoms with E-state index in [4.69, 9.17) is 0 Å². The molecule has 0 heterocycles. The van der Waals surface area contributed by atoms with Crippen molar-refractivity contribution in [2.75, 3.05) is 0 Å². The van der Waals surface area contributed by atoms with Gasteiger partial charge < -0.3 is 0 Å². The van der Waals surface area contributed by atoms with E-state index in [-0.39, 0.29) is 48.5 Å². The number of hydrogen-bond donors (Lipinski definition) is 0. The predicted octanol–water partition coefficient (Wildman–Crippen LogP) is 19.5. The molecule has 0 bridgehead atoms. The molecule has 4 unspecified atom stereocenters. The molecule has 5 aromatic rings. The Bertz CT molecular complexity index is 2070. The van der Waals surface area contributed by atoms with Gasteiger partial charge >= 0.3 is 0 Å². The SMILES string of the molecule is FC(c1ccccc1)S(F)(F)(F)(F)c1cc(S(F)(F)(F)(F)C(F)c2ccccc2)c(S(F)(F)(F)(F)C(F)c2ccccc2)cc1S(F)(F)(F)(F)C(F)c1ccccc1. The Balaban J connectivity index is 2.17. The van der Waals surface area contributed by atoms with Gasteiger partial charge in [-0.25, -0.2) is 17.6 Å². The van der Waals surface area contributed by atoms with E-state index in [0.29, 0.717) is 48.5 Å². The summed E-state index contributed by atoms with van der Waals surface area (Å²) in [7, 11) is -49.8. The zero-order valence-electron chi connectivity index (χ0n) is 28.2. The zero-order valence-corrected chi connectivity index (χ0v) is 31.5. The molecule has 0 N–H and O–H groups in total. The fourth-order valence-corrected chi connectivity index (χ4v) is 15.1. The van der Waals surface area contributed by atoms with Crippen molar-refractivity contribution in [1.82, 2.24) is 0 Å². The Kier molecular flexibility index (Phi) is 8.63. The maximum absolute atomic E-state index is 16.4. The molecule has 0 fully saturated rings. The maximum Gasteiger partial charge on any atom is 0.238 e. The van der Waals surface area contributed by atoms with Gasteiger partial charge in [-0.1, -0.05) is 121 Å². The summed E-state index contributed by atoms with van der Waals surface area (Å²) in [6, 6.07) is 0.679. The van der Waals surface area contributed by atoms with Gasteiger partial charge in [0, 0.05) is 22.3 Å². The molecular weight excluding hydrogens is 917 g/mol. The first-order chi connectivity index (χ1) is 25.6. The predicted molar refractivity (Wildman–Crippen MR) is 189 cm³/mol. The van der Waals surface area contributed by atoms with Gasteiger partial charge in [0.25, 0.3) is 0 Å². The van der Waals surface area contributed by atoms with Gasteiger partial charge in [-0.2, -0.15) is 0 Å². The second-order valence-electron chi connectivity index (χ2n) is 13.2. The molecule has 4 atom stereocenters. The third kappa shape index (κ3) is 6.93. The van der Waals surface area contributed by atoms with Crippen LogP contribution in [0.4, 0.5) is 79.7 Å². The second-order valence-corrected chi connectivity index (χ2v) is 25.7. The van der Waals surface area contributed by atoms with E-state index >= 15 is 79.7 Å². The van der Waals surface area contributed by atoms with Crippen LogP contribution in [-0.2, 0) is 0 Å². The van der Waals surface area contributed by atoms with E-state index in [2.05, 4.69) is 0 Å². The van der Waals surface area contributed by atoms with Crippen LogP contribution in [0.5, 0.6) is 0 Å². The number of alkyl halides is 4. The minimum Gasteiger partial charge on any atom is -0.223 e. The summed E-state index contributed by atoms with van der Waals surface area (Å²) in [6.07, 6.45) is 0. The van der Waals surface area contributed by atoms with E-state index in [1.807, 2.05) is 0 Å². The van der Waals surface area contributed by atoms with Gasteiger partial charge in [0.2, 0.25) is 61.4 Å². The Morgan fingerprint density at radius 2 is 0.379 bits per heavy atom. The first-order valence-corrected chi connectivity index (χ1v) is 24.0. The number of hydrogen-bond acceptors (Lipinski definition) is 0. The van der Waals surface area contributed by atoms with Crippen LogP contribution >= 0.6 is 39.4 Å². The molecule has 0 saturated heterocycles. The van der Waals surface area contributed by atoms with Crippen molar-refractivity contribution in [3.05, 3.63) is 156 Å². The quantitative estimate of drug-likeness (QED) is 0.109. The fourth-order valence-electron chi connectivity index (χ4n) is 5.81. The highest BCUT2D eigenvalue weighted by Gasteiger charge is 2.85. The number of benzene rings is 5. The molecule has 0 aliphatic rings. The lowest BCUT2D eigenvalue weighted by Crippen LogP contribution is -2.32. The Labute approximate surface area is 315 Å². The average molecular weight is 943 g/mol. The highest BCUT2D eigenvalue weighted by molar-refractivity contribution is 8.53. The minimum atomic E-state index is -12.4. The summed E-state index contributed by atoms with van der Waals surface area (Å²) in [6.45, 7) is 0. The van der Waals surface area contributed by atoms with Gasteiger partial charge in [0.05, 0.1) is 0 Å². The maximum atomic E-state index is 16.4. The molecule has 0 aliphatic heterocycles. The highest BCUT2D eigenvalue weighted by atomic mass is 32.5. The summed E-state index contributed by atoms with van der Waals surface area (Å²) in [4.78, 5) is -20.4. The van der Waals surface area contributed by atoms with Gasteiger partial charge in [-0.3, -0.25) is 0 Å². The molecule has 326 valence electrons. The van der Waals surface area contributed by atoms with Crippen LogP contribution in [0, 0.1) is 0 Å². The van der Waals surface area contributed by atoms with Gasteiger partial charge in [-0.05, 0) is 12.1 Å². The summed E-state index contributed by atoms with van der Waals surface area (Å²) in [5.74, 6) is 0. The summed E-state index contributed by atoms with van der Waals surface area (Å²) in [5.41, 5.74) is -31.3. The molecule has 0 aromatic heterocycles. The first kappa shape index (κ1) is 45.2. The van der Waals surface area contributed by atoms with Gasteiger partial charge in [0.15, 0.2) is 0 Å². The molecule has 0 radical (unpaired) electrons. The molecular formula is C34H26F20S4. The van der Waals surface area contributed by atoms with E-state index in [9.17, 15) is 0 Å². The van der Waals surface area contributed by atoms with Crippen molar-refractivity contribution in [1.29, 1.82) is 0 Å². The third-order valence-electron chi connectivity index (χ3n) is 8.76. The Hall–Kier alpha value is -3.90. The van der Waals surface area contributed by atoms with Crippen LogP contribution < -0.4 is 0 Å². The largest absolute Gasteiger partial charge is 0.238 e. The van der Waals surface area contributed by atoms with Crippen LogP contribution in [0.15, 0.2) is 153 Å². The lowest BCUT2D eigenvalue weighted by atomic mass is 10.2. The molecule has 58 heavy (non-hydrogen) atoms. The topological polar surface area (TPSA) is 0 Å². The monoisotopic (exact) mass is 942 g/mol.